The van der Waals surface area contributed by atoms with E-state index in [4.69, 9.17) is 4.74 Å². The molecule has 0 N–H and O–H groups in total. The van der Waals surface area contributed by atoms with Gasteiger partial charge in [0.25, 0.3) is 5.91 Å². The molecular weight excluding hydrogens is 560 g/mol. The lowest BCUT2D eigenvalue weighted by Crippen LogP contribution is -2.38. The van der Waals surface area contributed by atoms with Gasteiger partial charge in [0.1, 0.15) is 10.7 Å². The van der Waals surface area contributed by atoms with Crippen molar-refractivity contribution in [2.45, 2.75) is 38.0 Å². The second-order valence-electron chi connectivity index (χ2n) is 12.2. The molecule has 2 saturated heterocycles. The van der Waals surface area contributed by atoms with E-state index in [2.05, 4.69) is 40.2 Å². The van der Waals surface area contributed by atoms with Crippen LogP contribution in [0.4, 0.5) is 11.5 Å². The van der Waals surface area contributed by atoms with E-state index < -0.39 is 10.0 Å². The van der Waals surface area contributed by atoms with Crippen molar-refractivity contribution >= 4 is 39.0 Å². The van der Waals surface area contributed by atoms with Gasteiger partial charge >= 0.3 is 0 Å². The monoisotopic (exact) mass is 596 g/mol. The molecule has 218 valence electrons. The number of hydrogen-bond donors (Lipinski definition) is 0. The van der Waals surface area contributed by atoms with Crippen LogP contribution < -0.4 is 9.80 Å². The number of sulfonamides is 1. The van der Waals surface area contributed by atoms with Crippen molar-refractivity contribution in [1.82, 2.24) is 18.9 Å². The van der Waals surface area contributed by atoms with E-state index >= 15 is 0 Å². The summed E-state index contributed by atoms with van der Waals surface area (Å²) in [5, 5.41) is 4.04. The summed E-state index contributed by atoms with van der Waals surface area (Å²) < 4.78 is 37.8. The number of aryl methyl sites for hydroxylation is 1. The maximum atomic E-state index is 13.7. The van der Waals surface area contributed by atoms with Crippen molar-refractivity contribution in [3.63, 3.8) is 0 Å². The van der Waals surface area contributed by atoms with E-state index in [0.717, 1.165) is 36.0 Å². The normalized spacial score (nSPS) is 22.9. The van der Waals surface area contributed by atoms with Gasteiger partial charge in [0.2, 0.25) is 10.0 Å². The van der Waals surface area contributed by atoms with E-state index in [-0.39, 0.29) is 29.1 Å². The number of benzene rings is 1. The van der Waals surface area contributed by atoms with Gasteiger partial charge in [-0.1, -0.05) is 37.4 Å². The molecule has 1 aromatic carbocycles. The summed E-state index contributed by atoms with van der Waals surface area (Å²) in [6.07, 6.45) is 1.75. The molecule has 4 heterocycles. The van der Waals surface area contributed by atoms with Crippen molar-refractivity contribution in [2.75, 3.05) is 55.7 Å². The van der Waals surface area contributed by atoms with Gasteiger partial charge in [-0.25, -0.2) is 13.4 Å². The third kappa shape index (κ3) is 5.50. The molecule has 12 heteroatoms. The quantitative estimate of drug-likeness (QED) is 0.407. The third-order valence-electron chi connectivity index (χ3n) is 8.56. The molecule has 1 aliphatic carbocycles. The first kappa shape index (κ1) is 28.2. The minimum Gasteiger partial charge on any atom is -0.378 e. The Morgan fingerprint density at radius 2 is 1.76 bits per heavy atom. The molecule has 41 heavy (non-hydrogen) atoms. The fourth-order valence-corrected chi connectivity index (χ4v) is 8.06. The maximum Gasteiger partial charge on any atom is 0.271 e. The zero-order valence-electron chi connectivity index (χ0n) is 23.9. The molecule has 6 rings (SSSR count). The molecule has 2 unspecified atom stereocenters. The highest BCUT2D eigenvalue weighted by molar-refractivity contribution is 7.89. The van der Waals surface area contributed by atoms with Crippen LogP contribution in [0.1, 0.15) is 41.7 Å². The van der Waals surface area contributed by atoms with E-state index in [0.29, 0.717) is 54.0 Å². The number of carbonyl (C=O) groups excluding carboxylic acids is 1. The Hall–Kier alpha value is -2.93. The lowest BCUT2D eigenvalue weighted by Gasteiger charge is -2.29. The van der Waals surface area contributed by atoms with Crippen molar-refractivity contribution in [1.29, 1.82) is 0 Å². The van der Waals surface area contributed by atoms with Crippen molar-refractivity contribution in [3.8, 4) is 0 Å². The predicted molar refractivity (Wildman–Crippen MR) is 158 cm³/mol. The standard InChI is InChI=1S/C29H36N6O4S2/c1-19-27(40-32-31-19)28(36)35(21-7-10-26(30-15-21)33-11-13-39-14-12-33)18-25-23-16-34(17-24(23)25)41(37,38)22-8-5-20(6-9-22)29(2,3)4/h5-10,15,23-25H,11-14,16-18H2,1-4H3. The molecule has 0 spiro atoms. The van der Waals surface area contributed by atoms with Crippen LogP contribution >= 0.6 is 11.5 Å². The zero-order valence-corrected chi connectivity index (χ0v) is 25.5. The molecule has 2 aliphatic heterocycles. The number of ether oxygens (including phenoxy) is 1. The highest BCUT2D eigenvalue weighted by Gasteiger charge is 2.58. The van der Waals surface area contributed by atoms with Crippen LogP contribution in [0.25, 0.3) is 0 Å². The van der Waals surface area contributed by atoms with E-state index in [1.165, 1.54) is 0 Å². The molecular formula is C29H36N6O4S2. The fourth-order valence-electron chi connectivity index (χ4n) is 5.94. The molecule has 3 fully saturated rings. The molecule has 10 nitrogen and oxygen atoms in total. The van der Waals surface area contributed by atoms with Gasteiger partial charge < -0.3 is 14.5 Å². The number of amides is 1. The number of carbonyl (C=O) groups is 1. The summed E-state index contributed by atoms with van der Waals surface area (Å²) in [4.78, 5) is 23.2. The Labute approximate surface area is 245 Å². The van der Waals surface area contributed by atoms with Crippen molar-refractivity contribution in [2.24, 2.45) is 17.8 Å². The van der Waals surface area contributed by atoms with Gasteiger partial charge in [-0.15, -0.1) is 5.10 Å². The molecule has 2 aromatic heterocycles. The maximum absolute atomic E-state index is 13.7. The lowest BCUT2D eigenvalue weighted by atomic mass is 9.87. The number of anilines is 2. The van der Waals surface area contributed by atoms with E-state index in [1.807, 2.05) is 24.3 Å². The number of piperidine rings is 1. The molecule has 1 saturated carbocycles. The number of fused-ring (bicyclic) bond motifs is 1. The summed E-state index contributed by atoms with van der Waals surface area (Å²) in [5.41, 5.74) is 2.38. The first-order valence-corrected chi connectivity index (χ1v) is 16.3. The van der Waals surface area contributed by atoms with Crippen molar-refractivity contribution in [3.05, 3.63) is 58.7 Å². The van der Waals surface area contributed by atoms with Gasteiger partial charge in [-0.3, -0.25) is 4.79 Å². The Bertz CT molecular complexity index is 1500. The summed E-state index contributed by atoms with van der Waals surface area (Å²) >= 11 is 1.10. The van der Waals surface area contributed by atoms with Gasteiger partial charge in [0.15, 0.2) is 0 Å². The molecule has 3 aromatic rings. The highest BCUT2D eigenvalue weighted by atomic mass is 32.2. The highest BCUT2D eigenvalue weighted by Crippen LogP contribution is 2.53. The lowest BCUT2D eigenvalue weighted by molar-refractivity contribution is 0.0987. The average molecular weight is 597 g/mol. The molecule has 3 aliphatic rings. The second kappa shape index (κ2) is 10.7. The second-order valence-corrected chi connectivity index (χ2v) is 14.9. The van der Waals surface area contributed by atoms with Crippen LogP contribution in [0.15, 0.2) is 47.5 Å². The smallest absolute Gasteiger partial charge is 0.271 e. The summed E-state index contributed by atoms with van der Waals surface area (Å²) in [7, 11) is -3.57. The SMILES string of the molecule is Cc1nnsc1C(=O)N(CC1C2CN(S(=O)(=O)c3ccc(C(C)(C)C)cc3)CC12)c1ccc(N2CCOCC2)nc1. The van der Waals surface area contributed by atoms with Crippen LogP contribution in [0.2, 0.25) is 0 Å². The first-order chi connectivity index (χ1) is 19.5. The summed E-state index contributed by atoms with van der Waals surface area (Å²) in [6, 6.07) is 11.1. The Balaban J connectivity index is 1.16. The Morgan fingerprint density at radius 1 is 1.07 bits per heavy atom. The van der Waals surface area contributed by atoms with Gasteiger partial charge in [-0.2, -0.15) is 4.31 Å². The minimum absolute atomic E-state index is 0.0414. The summed E-state index contributed by atoms with van der Waals surface area (Å²) in [5.74, 6) is 1.37. The van der Waals surface area contributed by atoms with Gasteiger partial charge in [0.05, 0.1) is 35.7 Å². The van der Waals surface area contributed by atoms with Crippen molar-refractivity contribution < 1.29 is 17.9 Å². The third-order valence-corrected chi connectivity index (χ3v) is 11.2. The number of nitrogens with zero attached hydrogens (tertiary/aromatic N) is 6. The largest absolute Gasteiger partial charge is 0.378 e. The number of aromatic nitrogens is 3. The van der Waals surface area contributed by atoms with Gasteiger partial charge in [-0.05, 0) is 71.5 Å². The van der Waals surface area contributed by atoms with Gasteiger partial charge in [0, 0.05) is 32.7 Å². The van der Waals surface area contributed by atoms with Crippen LogP contribution in [0.5, 0.6) is 0 Å². The van der Waals surface area contributed by atoms with E-state index in [9.17, 15) is 13.2 Å². The molecule has 2 atom stereocenters. The Kier molecular flexibility index (Phi) is 7.37. The summed E-state index contributed by atoms with van der Waals surface area (Å²) in [6.45, 7) is 12.5. The predicted octanol–water partition coefficient (Wildman–Crippen LogP) is 3.59. The minimum atomic E-state index is -3.57. The van der Waals surface area contributed by atoms with Crippen LogP contribution in [-0.2, 0) is 20.2 Å². The topological polar surface area (TPSA) is 109 Å². The first-order valence-electron chi connectivity index (χ1n) is 14.0. The number of pyridine rings is 1. The zero-order chi connectivity index (χ0) is 28.9. The number of morpholine rings is 1. The fraction of sp³-hybridized carbons (Fsp3) is 0.517. The average Bonchev–Trinajstić information content (AvgIpc) is 3.26. The Morgan fingerprint density at radius 3 is 2.32 bits per heavy atom. The molecule has 0 bridgehead atoms. The van der Waals surface area contributed by atoms with Crippen LogP contribution in [0.3, 0.4) is 0 Å². The van der Waals surface area contributed by atoms with E-state index in [1.54, 1.807) is 34.5 Å². The molecule has 0 radical (unpaired) electrons. The number of hydrogen-bond acceptors (Lipinski definition) is 9. The molecule has 1 amide bonds. The number of rotatable bonds is 7. The van der Waals surface area contributed by atoms with Crippen LogP contribution in [-0.4, -0.2) is 79.1 Å². The van der Waals surface area contributed by atoms with Crippen LogP contribution in [0, 0.1) is 24.7 Å².